The number of rotatable bonds is 4. The van der Waals surface area contributed by atoms with Crippen LogP contribution in [-0.4, -0.2) is 21.4 Å². The largest absolute Gasteiger partial charge is 0.324 e. The van der Waals surface area contributed by atoms with Crippen molar-refractivity contribution in [3.05, 3.63) is 34.5 Å². The summed E-state index contributed by atoms with van der Waals surface area (Å²) in [6.07, 6.45) is 0. The molecule has 0 aliphatic heterocycles. The molecule has 19 heavy (non-hydrogen) atoms. The number of amides is 1. The van der Waals surface area contributed by atoms with Gasteiger partial charge in [0.05, 0.1) is 16.0 Å². The van der Waals surface area contributed by atoms with Crippen molar-refractivity contribution in [2.75, 3.05) is 5.32 Å². The lowest BCUT2D eigenvalue weighted by Gasteiger charge is -2.11. The molecule has 2 aromatic rings. The molecule has 1 atom stereocenters. The van der Waals surface area contributed by atoms with Crippen molar-refractivity contribution >= 4 is 46.3 Å². The minimum atomic E-state index is -0.445. The summed E-state index contributed by atoms with van der Waals surface area (Å²) in [5.41, 5.74) is 1.99. The molecule has 1 aromatic carbocycles. The number of thioether (sulfide) groups is 1. The maximum absolute atomic E-state index is 12.9. The summed E-state index contributed by atoms with van der Waals surface area (Å²) in [7, 11) is 0. The third-order valence-electron chi connectivity index (χ3n) is 2.18. The predicted octanol–water partition coefficient (Wildman–Crippen LogP) is 3.45. The molecule has 0 spiro atoms. The molecule has 8 heteroatoms. The number of carbonyl (C=O) groups is 1. The number of nitrogens with one attached hydrogen (secondary N) is 1. The van der Waals surface area contributed by atoms with Crippen LogP contribution in [0.15, 0.2) is 28.0 Å². The van der Waals surface area contributed by atoms with Gasteiger partial charge < -0.3 is 5.32 Å². The van der Waals surface area contributed by atoms with E-state index in [1.807, 2.05) is 0 Å². The van der Waals surface area contributed by atoms with Gasteiger partial charge in [-0.05, 0) is 25.1 Å². The lowest BCUT2D eigenvalue weighted by atomic mass is 10.3. The lowest BCUT2D eigenvalue weighted by molar-refractivity contribution is -0.115. The van der Waals surface area contributed by atoms with Crippen LogP contribution in [0.3, 0.4) is 0 Å². The Morgan fingerprint density at radius 3 is 3.00 bits per heavy atom. The normalized spacial score (nSPS) is 12.2. The van der Waals surface area contributed by atoms with Crippen LogP contribution >= 0.6 is 34.7 Å². The Kier molecular flexibility index (Phi) is 4.73. The van der Waals surface area contributed by atoms with E-state index >= 15 is 0 Å². The van der Waals surface area contributed by atoms with Gasteiger partial charge in [0.1, 0.15) is 11.3 Å². The summed E-state index contributed by atoms with van der Waals surface area (Å²) in [5, 5.41) is 10.0. The maximum Gasteiger partial charge on any atom is 0.237 e. The van der Waals surface area contributed by atoms with E-state index in [1.165, 1.54) is 35.2 Å². The van der Waals surface area contributed by atoms with Gasteiger partial charge in [-0.2, -0.15) is 0 Å². The average molecular weight is 318 g/mol. The van der Waals surface area contributed by atoms with Crippen LogP contribution in [0.4, 0.5) is 10.1 Å². The Balaban J connectivity index is 2.00. The zero-order valence-corrected chi connectivity index (χ0v) is 12.2. The molecule has 0 radical (unpaired) electrons. The Morgan fingerprint density at radius 2 is 2.37 bits per heavy atom. The molecule has 0 bridgehead atoms. The first-order valence-electron chi connectivity index (χ1n) is 5.25. The molecule has 1 amide bonds. The SMILES string of the molecule is CC(Sc1nncs1)C(=O)Nc1ccc(F)cc1Cl. The van der Waals surface area contributed by atoms with Gasteiger partial charge in [0.15, 0.2) is 4.34 Å². The fourth-order valence-corrected chi connectivity index (χ4v) is 3.08. The molecule has 100 valence electrons. The third kappa shape index (κ3) is 3.89. The average Bonchev–Trinajstić information content (AvgIpc) is 2.85. The van der Waals surface area contributed by atoms with Gasteiger partial charge in [0.2, 0.25) is 5.91 Å². The van der Waals surface area contributed by atoms with E-state index < -0.39 is 5.82 Å². The van der Waals surface area contributed by atoms with Gasteiger partial charge in [-0.25, -0.2) is 4.39 Å². The van der Waals surface area contributed by atoms with Crippen LogP contribution in [0.2, 0.25) is 5.02 Å². The van der Waals surface area contributed by atoms with E-state index in [9.17, 15) is 9.18 Å². The fraction of sp³-hybridized carbons (Fsp3) is 0.182. The number of aromatic nitrogens is 2. The van der Waals surface area contributed by atoms with E-state index in [0.29, 0.717) is 10.0 Å². The summed E-state index contributed by atoms with van der Waals surface area (Å²) in [6, 6.07) is 3.82. The minimum absolute atomic E-state index is 0.168. The van der Waals surface area contributed by atoms with Crippen molar-refractivity contribution in [1.82, 2.24) is 10.2 Å². The van der Waals surface area contributed by atoms with E-state index in [1.54, 1.807) is 12.4 Å². The van der Waals surface area contributed by atoms with Crippen molar-refractivity contribution in [2.45, 2.75) is 16.5 Å². The second-order valence-electron chi connectivity index (χ2n) is 3.58. The lowest BCUT2D eigenvalue weighted by Crippen LogP contribution is -2.22. The quantitative estimate of drug-likeness (QED) is 0.878. The van der Waals surface area contributed by atoms with Crippen LogP contribution in [0.5, 0.6) is 0 Å². The first-order valence-corrected chi connectivity index (χ1v) is 7.38. The molecular weight excluding hydrogens is 309 g/mol. The third-order valence-corrected chi connectivity index (χ3v) is 4.40. The number of carbonyl (C=O) groups excluding carboxylic acids is 1. The number of benzene rings is 1. The zero-order valence-electron chi connectivity index (χ0n) is 9.76. The standard InChI is InChI=1S/C11H9ClFN3OS2/c1-6(19-11-16-14-5-18-11)10(17)15-9-3-2-7(13)4-8(9)12/h2-6H,1H3,(H,15,17). The number of anilines is 1. The highest BCUT2D eigenvalue weighted by molar-refractivity contribution is 8.02. The van der Waals surface area contributed by atoms with Crippen LogP contribution < -0.4 is 5.32 Å². The summed E-state index contributed by atoms with van der Waals surface area (Å²) in [5.74, 6) is -0.673. The van der Waals surface area contributed by atoms with Crippen LogP contribution in [-0.2, 0) is 4.79 Å². The van der Waals surface area contributed by atoms with E-state index in [4.69, 9.17) is 11.6 Å². The summed E-state index contributed by atoms with van der Waals surface area (Å²) in [4.78, 5) is 11.9. The summed E-state index contributed by atoms with van der Waals surface area (Å²) < 4.78 is 13.6. The number of hydrogen-bond donors (Lipinski definition) is 1. The van der Waals surface area contributed by atoms with Crippen molar-refractivity contribution in [3.8, 4) is 0 Å². The first-order chi connectivity index (χ1) is 9.06. The molecule has 1 aromatic heterocycles. The van der Waals surface area contributed by atoms with Gasteiger partial charge >= 0.3 is 0 Å². The zero-order chi connectivity index (χ0) is 13.8. The fourth-order valence-electron chi connectivity index (χ4n) is 1.24. The Morgan fingerprint density at radius 1 is 1.58 bits per heavy atom. The molecule has 2 rings (SSSR count). The minimum Gasteiger partial charge on any atom is -0.324 e. The van der Waals surface area contributed by atoms with E-state index in [2.05, 4.69) is 15.5 Å². The smallest absolute Gasteiger partial charge is 0.237 e. The summed E-state index contributed by atoms with van der Waals surface area (Å²) >= 11 is 8.51. The van der Waals surface area contributed by atoms with E-state index in [0.717, 1.165) is 6.07 Å². The molecule has 1 N–H and O–H groups in total. The molecule has 0 fully saturated rings. The Labute approximate surface area is 122 Å². The highest BCUT2D eigenvalue weighted by Crippen LogP contribution is 2.27. The molecule has 1 heterocycles. The van der Waals surface area contributed by atoms with Crippen molar-refractivity contribution in [1.29, 1.82) is 0 Å². The molecule has 0 saturated carbocycles. The second kappa shape index (κ2) is 6.31. The first kappa shape index (κ1) is 14.2. The number of halogens is 2. The van der Waals surface area contributed by atoms with Crippen molar-refractivity contribution < 1.29 is 9.18 Å². The number of nitrogens with zero attached hydrogens (tertiary/aromatic N) is 2. The van der Waals surface area contributed by atoms with Gasteiger partial charge in [-0.3, -0.25) is 4.79 Å². The predicted molar refractivity (Wildman–Crippen MR) is 75.3 cm³/mol. The van der Waals surface area contributed by atoms with Gasteiger partial charge in [0, 0.05) is 0 Å². The highest BCUT2D eigenvalue weighted by Gasteiger charge is 2.17. The topological polar surface area (TPSA) is 54.9 Å². The Bertz CT molecular complexity index is 579. The molecule has 1 unspecified atom stereocenters. The van der Waals surface area contributed by atoms with Gasteiger partial charge in [0.25, 0.3) is 0 Å². The van der Waals surface area contributed by atoms with Crippen molar-refractivity contribution in [2.24, 2.45) is 0 Å². The van der Waals surface area contributed by atoms with Crippen molar-refractivity contribution in [3.63, 3.8) is 0 Å². The van der Waals surface area contributed by atoms with Crippen LogP contribution in [0.1, 0.15) is 6.92 Å². The summed E-state index contributed by atoms with van der Waals surface area (Å²) in [6.45, 7) is 1.75. The molecular formula is C11H9ClFN3OS2. The second-order valence-corrected chi connectivity index (χ2v) is 6.41. The number of hydrogen-bond acceptors (Lipinski definition) is 5. The van der Waals surface area contributed by atoms with Crippen LogP contribution in [0.25, 0.3) is 0 Å². The maximum atomic E-state index is 12.9. The molecule has 0 aliphatic carbocycles. The van der Waals surface area contributed by atoms with Gasteiger partial charge in [-0.15, -0.1) is 10.2 Å². The Hall–Kier alpha value is -1.18. The monoisotopic (exact) mass is 317 g/mol. The molecule has 4 nitrogen and oxygen atoms in total. The van der Waals surface area contributed by atoms with Gasteiger partial charge in [-0.1, -0.05) is 34.7 Å². The molecule has 0 aliphatic rings. The molecule has 0 saturated heterocycles. The van der Waals surface area contributed by atoms with E-state index in [-0.39, 0.29) is 16.2 Å². The van der Waals surface area contributed by atoms with Crippen LogP contribution in [0, 0.1) is 5.82 Å². The highest BCUT2D eigenvalue weighted by atomic mass is 35.5.